The Kier molecular flexibility index (Phi) is 7.96. The number of aromatic nitrogens is 2. The van der Waals surface area contributed by atoms with Gasteiger partial charge >= 0.3 is 12.8 Å². The quantitative estimate of drug-likeness (QED) is 0.221. The van der Waals surface area contributed by atoms with Crippen LogP contribution in [0.15, 0.2) is 54.0 Å². The molecule has 12 heteroatoms. The molecule has 0 aliphatic heterocycles. The lowest BCUT2D eigenvalue weighted by molar-refractivity contribution is -0.137. The minimum atomic E-state index is -4.57. The third kappa shape index (κ3) is 6.94. The number of ether oxygens (including phenoxy) is 2. The molecule has 0 aliphatic rings. The van der Waals surface area contributed by atoms with E-state index in [0.717, 1.165) is 12.1 Å². The van der Waals surface area contributed by atoms with Crippen LogP contribution in [-0.4, -0.2) is 28.5 Å². The number of thiazole rings is 1. The summed E-state index contributed by atoms with van der Waals surface area (Å²) in [6.07, 6.45) is 0.0948. The molecule has 0 radical (unpaired) electrons. The van der Waals surface area contributed by atoms with Crippen LogP contribution in [0.5, 0.6) is 11.5 Å². The van der Waals surface area contributed by atoms with Crippen molar-refractivity contribution in [2.45, 2.75) is 33.6 Å². The van der Waals surface area contributed by atoms with Gasteiger partial charge in [-0.3, -0.25) is 9.20 Å². The lowest BCUT2D eigenvalue weighted by Gasteiger charge is -2.21. The smallest absolute Gasteiger partial charge is 0.416 e. The Bertz CT molecular complexity index is 1500. The van der Waals surface area contributed by atoms with Crippen LogP contribution in [0.2, 0.25) is 0 Å². The molecule has 0 saturated carbocycles. The van der Waals surface area contributed by atoms with Gasteiger partial charge in [-0.2, -0.15) is 22.0 Å². The molecule has 2 aromatic heterocycles. The van der Waals surface area contributed by atoms with Crippen molar-refractivity contribution in [1.29, 1.82) is 0 Å². The lowest BCUT2D eigenvalue weighted by atomic mass is 9.98. The molecule has 0 fully saturated rings. The van der Waals surface area contributed by atoms with Crippen LogP contribution in [0.3, 0.4) is 0 Å². The second kappa shape index (κ2) is 11.0. The monoisotopic (exact) mass is 565 g/mol. The molecule has 4 aromatic rings. The van der Waals surface area contributed by atoms with Gasteiger partial charge in [-0.25, -0.2) is 4.98 Å². The summed E-state index contributed by atoms with van der Waals surface area (Å²) in [5.41, 5.74) is -0.516. The number of nitrogens with one attached hydrogen (secondary N) is 1. The molecule has 0 saturated heterocycles. The molecule has 39 heavy (non-hydrogen) atoms. The Balaban J connectivity index is 1.69. The summed E-state index contributed by atoms with van der Waals surface area (Å²) < 4.78 is 77.5. The molecule has 1 amide bonds. The van der Waals surface area contributed by atoms with Gasteiger partial charge in [0.2, 0.25) is 0 Å². The van der Waals surface area contributed by atoms with Crippen molar-refractivity contribution in [3.63, 3.8) is 0 Å². The number of nitrogens with zero attached hydrogens (tertiary/aromatic N) is 2. The number of alkyl halides is 5. The number of anilines is 1. The van der Waals surface area contributed by atoms with Crippen LogP contribution in [-0.2, 0) is 6.18 Å². The van der Waals surface area contributed by atoms with Crippen molar-refractivity contribution in [3.8, 4) is 11.5 Å². The Hall–Kier alpha value is -3.93. The third-order valence-corrected chi connectivity index (χ3v) is 6.00. The Morgan fingerprint density at radius 2 is 1.87 bits per heavy atom. The molecule has 2 heterocycles. The van der Waals surface area contributed by atoms with E-state index in [1.165, 1.54) is 46.1 Å². The predicted molar refractivity (Wildman–Crippen MR) is 139 cm³/mol. The average Bonchev–Trinajstić information content (AvgIpc) is 3.41. The fourth-order valence-corrected chi connectivity index (χ4v) is 4.29. The highest BCUT2D eigenvalue weighted by Crippen LogP contribution is 2.35. The van der Waals surface area contributed by atoms with Gasteiger partial charge in [-0.05, 0) is 41.8 Å². The number of rotatable bonds is 8. The zero-order chi connectivity index (χ0) is 28.4. The van der Waals surface area contributed by atoms with Gasteiger partial charge in [0.05, 0.1) is 17.9 Å². The maximum atomic E-state index is 13.2. The summed E-state index contributed by atoms with van der Waals surface area (Å²) in [5.74, 6) is -0.733. The van der Waals surface area contributed by atoms with E-state index < -0.39 is 24.3 Å². The zero-order valence-corrected chi connectivity index (χ0v) is 21.9. The standard InChI is InChI=1S/C27H24F5N3O3S/c1-26(2,3)15-37-22-16(6-4-9-20(22)38-24(28)29)10-11-19-21(35-12-13-39-25(35)34-19)23(36)33-18-8-5-7-17(14-18)27(30,31)32/h4-14,24H,15H2,1-3H3,(H,33,36)/b11-10+. The fourth-order valence-electron chi connectivity index (χ4n) is 3.57. The second-order valence-electron chi connectivity index (χ2n) is 9.67. The second-order valence-corrected chi connectivity index (χ2v) is 10.5. The molecule has 0 aliphatic carbocycles. The predicted octanol–water partition coefficient (Wildman–Crippen LogP) is 7.86. The number of para-hydroxylation sites is 1. The highest BCUT2D eigenvalue weighted by atomic mass is 32.1. The highest BCUT2D eigenvalue weighted by Gasteiger charge is 2.30. The minimum Gasteiger partial charge on any atom is -0.489 e. The first-order chi connectivity index (χ1) is 18.3. The van der Waals surface area contributed by atoms with Crippen molar-refractivity contribution in [1.82, 2.24) is 9.38 Å². The van der Waals surface area contributed by atoms with E-state index >= 15 is 0 Å². The van der Waals surface area contributed by atoms with E-state index in [9.17, 15) is 26.7 Å². The molecular formula is C27H24F5N3O3S. The van der Waals surface area contributed by atoms with Gasteiger partial charge in [-0.15, -0.1) is 11.3 Å². The third-order valence-electron chi connectivity index (χ3n) is 5.25. The SMILES string of the molecule is CC(C)(C)COc1c(/C=C/c2nc3sccn3c2C(=O)Nc2cccc(C(F)(F)F)c2)cccc1OC(F)F. The molecule has 2 aromatic carbocycles. The van der Waals surface area contributed by atoms with E-state index in [1.54, 1.807) is 23.7 Å². The fraction of sp³-hybridized carbons (Fsp3) is 0.259. The first-order valence-electron chi connectivity index (χ1n) is 11.6. The maximum Gasteiger partial charge on any atom is 0.416 e. The number of imidazole rings is 1. The van der Waals surface area contributed by atoms with Crippen molar-refractivity contribution in [2.75, 3.05) is 11.9 Å². The summed E-state index contributed by atoms with van der Waals surface area (Å²) in [5, 5.41) is 4.21. The largest absolute Gasteiger partial charge is 0.489 e. The Labute approximate surface area is 224 Å². The van der Waals surface area contributed by atoms with Gasteiger partial charge in [0.1, 0.15) is 5.69 Å². The molecule has 0 bridgehead atoms. The first kappa shape index (κ1) is 28.1. The molecule has 4 rings (SSSR count). The number of halogens is 5. The molecule has 0 spiro atoms. The van der Waals surface area contributed by atoms with Gasteiger partial charge < -0.3 is 14.8 Å². The van der Waals surface area contributed by atoms with Gasteiger partial charge in [-0.1, -0.05) is 39.0 Å². The van der Waals surface area contributed by atoms with Gasteiger partial charge in [0, 0.05) is 22.8 Å². The van der Waals surface area contributed by atoms with Crippen molar-refractivity contribution in [3.05, 3.63) is 76.6 Å². The normalized spacial score (nSPS) is 12.4. The Morgan fingerprint density at radius 3 is 2.56 bits per heavy atom. The van der Waals surface area contributed by atoms with Crippen molar-refractivity contribution < 1.29 is 36.2 Å². The molecule has 0 unspecified atom stereocenters. The van der Waals surface area contributed by atoms with Crippen molar-refractivity contribution in [2.24, 2.45) is 5.41 Å². The van der Waals surface area contributed by atoms with E-state index in [1.807, 2.05) is 20.8 Å². The average molecular weight is 566 g/mol. The van der Waals surface area contributed by atoms with E-state index in [-0.39, 0.29) is 40.6 Å². The summed E-state index contributed by atoms with van der Waals surface area (Å²) in [6, 6.07) is 8.81. The number of amides is 1. The van der Waals surface area contributed by atoms with Crippen molar-refractivity contribution >= 4 is 40.0 Å². The van der Waals surface area contributed by atoms with E-state index in [4.69, 9.17) is 4.74 Å². The molecule has 0 atom stereocenters. The number of hydrogen-bond donors (Lipinski definition) is 1. The number of carbonyl (C=O) groups is 1. The van der Waals surface area contributed by atoms with Crippen LogP contribution in [0.25, 0.3) is 17.1 Å². The van der Waals surface area contributed by atoms with E-state index in [2.05, 4.69) is 15.0 Å². The minimum absolute atomic E-state index is 0.0374. The van der Waals surface area contributed by atoms with Crippen LogP contribution in [0, 0.1) is 5.41 Å². The van der Waals surface area contributed by atoms with Crippen LogP contribution >= 0.6 is 11.3 Å². The lowest BCUT2D eigenvalue weighted by Crippen LogP contribution is -2.18. The zero-order valence-electron chi connectivity index (χ0n) is 21.1. The van der Waals surface area contributed by atoms with Crippen LogP contribution in [0.1, 0.15) is 48.1 Å². The molecular weight excluding hydrogens is 541 g/mol. The first-order valence-corrected chi connectivity index (χ1v) is 12.5. The molecule has 1 N–H and O–H groups in total. The summed E-state index contributed by atoms with van der Waals surface area (Å²) in [7, 11) is 0. The number of hydrogen-bond acceptors (Lipinski definition) is 5. The molecule has 6 nitrogen and oxygen atoms in total. The summed E-state index contributed by atoms with van der Waals surface area (Å²) in [6.45, 7) is 2.92. The Morgan fingerprint density at radius 1 is 1.13 bits per heavy atom. The topological polar surface area (TPSA) is 64.9 Å². The summed E-state index contributed by atoms with van der Waals surface area (Å²) in [4.78, 5) is 18.2. The van der Waals surface area contributed by atoms with Gasteiger partial charge in [0.25, 0.3) is 5.91 Å². The highest BCUT2D eigenvalue weighted by molar-refractivity contribution is 7.15. The van der Waals surface area contributed by atoms with Crippen LogP contribution in [0.4, 0.5) is 27.6 Å². The number of fused-ring (bicyclic) bond motifs is 1. The van der Waals surface area contributed by atoms with E-state index in [0.29, 0.717) is 10.5 Å². The van der Waals surface area contributed by atoms with Gasteiger partial charge in [0.15, 0.2) is 16.5 Å². The summed E-state index contributed by atoms with van der Waals surface area (Å²) >= 11 is 1.26. The number of carbonyl (C=O) groups excluding carboxylic acids is 1. The number of benzene rings is 2. The maximum absolute atomic E-state index is 13.2. The van der Waals surface area contributed by atoms with Crippen LogP contribution < -0.4 is 14.8 Å². The molecule has 206 valence electrons.